The van der Waals surface area contributed by atoms with Gasteiger partial charge in [0, 0.05) is 11.4 Å². The molecule has 2 aromatic carbocycles. The number of amides is 3. The van der Waals surface area contributed by atoms with Crippen LogP contribution in [0, 0.1) is 5.92 Å². The first-order valence-corrected chi connectivity index (χ1v) is 10.1. The monoisotopic (exact) mass is 409 g/mol. The number of ether oxygens (including phenoxy) is 1. The minimum Gasteiger partial charge on any atom is -0.454 e. The van der Waals surface area contributed by atoms with Gasteiger partial charge in [-0.2, -0.15) is 0 Å². The van der Waals surface area contributed by atoms with Crippen molar-refractivity contribution in [3.05, 3.63) is 59.7 Å². The Morgan fingerprint density at radius 2 is 1.67 bits per heavy atom. The molecular formula is C23H27N3O4. The highest BCUT2D eigenvalue weighted by Gasteiger charge is 2.26. The van der Waals surface area contributed by atoms with E-state index in [-0.39, 0.29) is 5.92 Å². The maximum Gasteiger partial charge on any atom is 0.329 e. The highest BCUT2D eigenvalue weighted by Crippen LogP contribution is 2.24. The van der Waals surface area contributed by atoms with Crippen molar-refractivity contribution in [2.45, 2.75) is 39.2 Å². The van der Waals surface area contributed by atoms with E-state index in [0.29, 0.717) is 11.4 Å². The van der Waals surface area contributed by atoms with Gasteiger partial charge in [-0.05, 0) is 60.6 Å². The molecule has 0 heterocycles. The summed E-state index contributed by atoms with van der Waals surface area (Å²) in [7, 11) is 0. The Kier molecular flexibility index (Phi) is 7.06. The van der Waals surface area contributed by atoms with Crippen LogP contribution in [0.1, 0.15) is 31.4 Å². The molecule has 2 aromatic rings. The third-order valence-electron chi connectivity index (χ3n) is 4.97. The van der Waals surface area contributed by atoms with Crippen LogP contribution in [0.2, 0.25) is 0 Å². The predicted molar refractivity (Wildman–Crippen MR) is 115 cm³/mol. The number of aryl methyl sites for hydroxylation is 2. The lowest BCUT2D eigenvalue weighted by atomic mass is 10.1. The molecule has 0 aromatic heterocycles. The highest BCUT2D eigenvalue weighted by molar-refractivity contribution is 5.95. The molecule has 0 saturated heterocycles. The van der Waals surface area contributed by atoms with Crippen molar-refractivity contribution < 1.29 is 19.1 Å². The lowest BCUT2D eigenvalue weighted by Crippen LogP contribution is -2.47. The molecule has 0 spiro atoms. The van der Waals surface area contributed by atoms with Gasteiger partial charge in [0.25, 0.3) is 5.91 Å². The van der Waals surface area contributed by atoms with Crippen molar-refractivity contribution in [3.8, 4) is 0 Å². The van der Waals surface area contributed by atoms with Crippen LogP contribution < -0.4 is 16.0 Å². The molecule has 1 aliphatic carbocycles. The molecule has 30 heavy (non-hydrogen) atoms. The molecule has 0 aliphatic heterocycles. The number of rotatable bonds is 7. The SMILES string of the molecule is CC(C)[C@@H](NC(=O)Nc1ccccc1)C(=O)OCC(=O)Nc1ccc2c(c1)CCC2. The topological polar surface area (TPSA) is 96.5 Å². The van der Waals surface area contributed by atoms with E-state index in [1.54, 1.807) is 38.1 Å². The summed E-state index contributed by atoms with van der Waals surface area (Å²) in [5, 5.41) is 8.03. The average molecular weight is 409 g/mol. The summed E-state index contributed by atoms with van der Waals surface area (Å²) in [5.41, 5.74) is 3.87. The second-order valence-electron chi connectivity index (χ2n) is 7.68. The van der Waals surface area contributed by atoms with E-state index < -0.39 is 30.6 Å². The lowest BCUT2D eigenvalue weighted by Gasteiger charge is -2.21. The van der Waals surface area contributed by atoms with E-state index in [1.807, 2.05) is 24.3 Å². The first-order chi connectivity index (χ1) is 14.4. The number of benzene rings is 2. The van der Waals surface area contributed by atoms with Crippen molar-refractivity contribution in [1.29, 1.82) is 0 Å². The van der Waals surface area contributed by atoms with Gasteiger partial charge in [-0.15, -0.1) is 0 Å². The number of carbonyl (C=O) groups is 3. The molecule has 3 rings (SSSR count). The number of fused-ring (bicyclic) bond motifs is 1. The minimum atomic E-state index is -0.874. The summed E-state index contributed by atoms with van der Waals surface area (Å²) in [5.74, 6) is -1.28. The van der Waals surface area contributed by atoms with Gasteiger partial charge in [0.15, 0.2) is 6.61 Å². The molecule has 0 fully saturated rings. The van der Waals surface area contributed by atoms with Gasteiger partial charge in [0.2, 0.25) is 0 Å². The summed E-state index contributed by atoms with van der Waals surface area (Å²) in [6.07, 6.45) is 3.22. The maximum atomic E-state index is 12.4. The van der Waals surface area contributed by atoms with Crippen LogP contribution in [-0.4, -0.2) is 30.6 Å². The van der Waals surface area contributed by atoms with Crippen LogP contribution >= 0.6 is 0 Å². The van der Waals surface area contributed by atoms with Gasteiger partial charge in [0.05, 0.1) is 0 Å². The van der Waals surface area contributed by atoms with Crippen molar-refractivity contribution in [2.24, 2.45) is 5.92 Å². The van der Waals surface area contributed by atoms with Crippen LogP contribution in [0.25, 0.3) is 0 Å². The minimum absolute atomic E-state index is 0.209. The van der Waals surface area contributed by atoms with Gasteiger partial charge < -0.3 is 20.7 Å². The number of esters is 1. The van der Waals surface area contributed by atoms with Crippen LogP contribution in [0.15, 0.2) is 48.5 Å². The van der Waals surface area contributed by atoms with Crippen LogP contribution in [-0.2, 0) is 27.2 Å². The second-order valence-corrected chi connectivity index (χ2v) is 7.68. The standard InChI is InChI=1S/C23H27N3O4/c1-15(2)21(26-23(29)25-18-9-4-3-5-10-18)22(28)30-14-20(27)24-19-12-11-16-7-6-8-17(16)13-19/h3-5,9-13,15,21H,6-8,14H2,1-2H3,(H,24,27)(H2,25,26,29)/t21-/m1/s1. The van der Waals surface area contributed by atoms with E-state index in [4.69, 9.17) is 4.74 Å². The second kappa shape index (κ2) is 9.91. The molecule has 0 radical (unpaired) electrons. The number of hydrogen-bond donors (Lipinski definition) is 3. The number of para-hydroxylation sites is 1. The largest absolute Gasteiger partial charge is 0.454 e. The highest BCUT2D eigenvalue weighted by atomic mass is 16.5. The van der Waals surface area contributed by atoms with Gasteiger partial charge in [0.1, 0.15) is 6.04 Å². The Morgan fingerprint density at radius 1 is 0.933 bits per heavy atom. The molecule has 7 heteroatoms. The third kappa shape index (κ3) is 5.83. The Hall–Kier alpha value is -3.35. The summed E-state index contributed by atoms with van der Waals surface area (Å²) >= 11 is 0. The van der Waals surface area contributed by atoms with Crippen molar-refractivity contribution in [1.82, 2.24) is 5.32 Å². The van der Waals surface area contributed by atoms with Crippen molar-refractivity contribution >= 4 is 29.3 Å². The summed E-state index contributed by atoms with van der Waals surface area (Å²) < 4.78 is 5.15. The smallest absolute Gasteiger partial charge is 0.329 e. The number of carbonyl (C=O) groups excluding carboxylic acids is 3. The number of hydrogen-bond acceptors (Lipinski definition) is 4. The first kappa shape index (κ1) is 21.4. The average Bonchev–Trinajstić information content (AvgIpc) is 3.18. The summed E-state index contributed by atoms with van der Waals surface area (Å²) in [4.78, 5) is 36.8. The molecule has 7 nitrogen and oxygen atoms in total. The summed E-state index contributed by atoms with van der Waals surface area (Å²) in [6.45, 7) is 3.17. The van der Waals surface area contributed by atoms with Gasteiger partial charge in [-0.25, -0.2) is 9.59 Å². The fourth-order valence-electron chi connectivity index (χ4n) is 3.40. The molecule has 1 atom stereocenters. The van der Waals surface area contributed by atoms with E-state index in [2.05, 4.69) is 16.0 Å². The molecule has 3 N–H and O–H groups in total. The maximum absolute atomic E-state index is 12.4. The van der Waals surface area contributed by atoms with Gasteiger partial charge >= 0.3 is 12.0 Å². The van der Waals surface area contributed by atoms with E-state index >= 15 is 0 Å². The first-order valence-electron chi connectivity index (χ1n) is 10.1. The molecule has 0 unspecified atom stereocenters. The number of nitrogens with one attached hydrogen (secondary N) is 3. The number of anilines is 2. The molecule has 158 valence electrons. The van der Waals surface area contributed by atoms with Crippen LogP contribution in [0.4, 0.5) is 16.2 Å². The fraction of sp³-hybridized carbons (Fsp3) is 0.348. The zero-order chi connectivity index (χ0) is 21.5. The Morgan fingerprint density at radius 3 is 2.40 bits per heavy atom. The Balaban J connectivity index is 1.49. The molecule has 3 amide bonds. The molecule has 0 saturated carbocycles. The zero-order valence-corrected chi connectivity index (χ0v) is 17.2. The third-order valence-corrected chi connectivity index (χ3v) is 4.97. The van der Waals surface area contributed by atoms with Gasteiger partial charge in [-0.1, -0.05) is 38.1 Å². The Bertz CT molecular complexity index is 912. The fourth-order valence-corrected chi connectivity index (χ4v) is 3.40. The Labute approximate surface area is 176 Å². The molecular weight excluding hydrogens is 382 g/mol. The van der Waals surface area contributed by atoms with E-state index in [0.717, 1.165) is 19.3 Å². The van der Waals surface area contributed by atoms with E-state index in [1.165, 1.54) is 11.1 Å². The zero-order valence-electron chi connectivity index (χ0n) is 17.2. The van der Waals surface area contributed by atoms with Crippen LogP contribution in [0.5, 0.6) is 0 Å². The van der Waals surface area contributed by atoms with Crippen molar-refractivity contribution in [2.75, 3.05) is 17.2 Å². The predicted octanol–water partition coefficient (Wildman–Crippen LogP) is 3.50. The molecule has 1 aliphatic rings. The van der Waals surface area contributed by atoms with Gasteiger partial charge in [-0.3, -0.25) is 4.79 Å². The van der Waals surface area contributed by atoms with Crippen molar-refractivity contribution in [3.63, 3.8) is 0 Å². The van der Waals surface area contributed by atoms with Crippen LogP contribution in [0.3, 0.4) is 0 Å². The quantitative estimate of drug-likeness (QED) is 0.610. The number of urea groups is 1. The lowest BCUT2D eigenvalue weighted by molar-refractivity contribution is -0.150. The normalized spacial score (nSPS) is 13.3. The molecule has 0 bridgehead atoms. The summed E-state index contributed by atoms with van der Waals surface area (Å²) in [6, 6.07) is 13.4. The van der Waals surface area contributed by atoms with E-state index in [9.17, 15) is 14.4 Å².